The van der Waals surface area contributed by atoms with Crippen molar-refractivity contribution in [3.8, 4) is 5.69 Å². The molecule has 1 aliphatic rings. The van der Waals surface area contributed by atoms with Gasteiger partial charge in [0.1, 0.15) is 5.82 Å². The van der Waals surface area contributed by atoms with E-state index in [4.69, 9.17) is 4.74 Å². The summed E-state index contributed by atoms with van der Waals surface area (Å²) < 4.78 is 45.1. The van der Waals surface area contributed by atoms with Gasteiger partial charge in [0, 0.05) is 19.2 Å². The number of fused-ring (bicyclic) bond motifs is 1. The first-order valence-corrected chi connectivity index (χ1v) is 6.52. The second-order valence-corrected chi connectivity index (χ2v) is 4.84. The molecule has 1 aliphatic heterocycles. The van der Waals surface area contributed by atoms with Crippen LogP contribution in [0.4, 0.5) is 19.0 Å². The number of alkyl halides is 3. The highest BCUT2D eigenvalue weighted by Crippen LogP contribution is 2.33. The van der Waals surface area contributed by atoms with Crippen molar-refractivity contribution in [2.75, 3.05) is 19.0 Å². The molecule has 3 rings (SSSR count). The molecule has 0 atom stereocenters. The number of aromatic nitrogens is 2. The lowest BCUT2D eigenvalue weighted by molar-refractivity contribution is -0.137. The Balaban J connectivity index is 2.07. The summed E-state index contributed by atoms with van der Waals surface area (Å²) in [7, 11) is 1.57. The number of halogens is 3. The average Bonchev–Trinajstić information content (AvgIpc) is 3.02. The number of nitrogens with one attached hydrogen (secondary N) is 1. The molecule has 2 heterocycles. The van der Waals surface area contributed by atoms with Crippen molar-refractivity contribution in [3.05, 3.63) is 41.1 Å². The summed E-state index contributed by atoms with van der Waals surface area (Å²) in [4.78, 5) is 0. The van der Waals surface area contributed by atoms with Crippen LogP contribution < -0.4 is 5.32 Å². The molecular weight excluding hydrogens is 283 g/mol. The van der Waals surface area contributed by atoms with Gasteiger partial charge in [0.05, 0.1) is 23.6 Å². The predicted octanol–water partition coefficient (Wildman–Crippen LogP) is 3.01. The van der Waals surface area contributed by atoms with E-state index in [0.717, 1.165) is 42.2 Å². The van der Waals surface area contributed by atoms with Crippen molar-refractivity contribution < 1.29 is 17.9 Å². The van der Waals surface area contributed by atoms with E-state index >= 15 is 0 Å². The van der Waals surface area contributed by atoms with Crippen molar-refractivity contribution >= 4 is 5.82 Å². The van der Waals surface area contributed by atoms with Gasteiger partial charge in [-0.15, -0.1) is 0 Å². The third-order valence-electron chi connectivity index (χ3n) is 3.43. The monoisotopic (exact) mass is 297 g/mol. The second kappa shape index (κ2) is 5.07. The van der Waals surface area contributed by atoms with Gasteiger partial charge in [0.2, 0.25) is 0 Å². The van der Waals surface area contributed by atoms with Crippen LogP contribution in [0.3, 0.4) is 0 Å². The number of rotatable bonds is 3. The largest absolute Gasteiger partial charge is 0.416 e. The fraction of sp³-hybridized carbons (Fsp3) is 0.357. The van der Waals surface area contributed by atoms with Gasteiger partial charge >= 0.3 is 6.18 Å². The molecule has 21 heavy (non-hydrogen) atoms. The van der Waals surface area contributed by atoms with Crippen molar-refractivity contribution in [2.24, 2.45) is 0 Å². The van der Waals surface area contributed by atoms with Crippen LogP contribution >= 0.6 is 0 Å². The van der Waals surface area contributed by atoms with Crippen LogP contribution in [-0.4, -0.2) is 23.4 Å². The summed E-state index contributed by atoms with van der Waals surface area (Å²) in [5.74, 6) is 0.751. The quantitative estimate of drug-likeness (QED) is 0.946. The normalized spacial score (nSPS) is 14.1. The molecule has 0 aliphatic carbocycles. The van der Waals surface area contributed by atoms with Crippen molar-refractivity contribution in [2.45, 2.75) is 19.2 Å². The molecule has 1 aromatic carbocycles. The highest BCUT2D eigenvalue weighted by Gasteiger charge is 2.31. The first-order valence-electron chi connectivity index (χ1n) is 6.52. The SMILES string of the molecule is COCc1nn(-c2cccc(C(F)(F)F)c2)c2c1CCN2. The van der Waals surface area contributed by atoms with E-state index in [-0.39, 0.29) is 0 Å². The van der Waals surface area contributed by atoms with Gasteiger partial charge in [-0.1, -0.05) is 6.07 Å². The van der Waals surface area contributed by atoms with Gasteiger partial charge in [-0.3, -0.25) is 0 Å². The summed E-state index contributed by atoms with van der Waals surface area (Å²) in [6.45, 7) is 1.10. The molecule has 0 saturated heterocycles. The fourth-order valence-corrected chi connectivity index (χ4v) is 2.50. The van der Waals surface area contributed by atoms with Crippen LogP contribution in [0, 0.1) is 0 Å². The Kier molecular flexibility index (Phi) is 3.36. The number of hydrogen-bond donors (Lipinski definition) is 1. The maximum absolute atomic E-state index is 12.8. The van der Waals surface area contributed by atoms with E-state index in [2.05, 4.69) is 10.4 Å². The first kappa shape index (κ1) is 13.9. The number of ether oxygens (including phenoxy) is 1. The minimum Gasteiger partial charge on any atom is -0.378 e. The molecule has 0 spiro atoms. The molecule has 0 amide bonds. The first-order chi connectivity index (χ1) is 10.0. The van der Waals surface area contributed by atoms with E-state index in [9.17, 15) is 13.2 Å². The smallest absolute Gasteiger partial charge is 0.378 e. The molecule has 0 saturated carbocycles. The Morgan fingerprint density at radius 1 is 1.38 bits per heavy atom. The van der Waals surface area contributed by atoms with Crippen LogP contribution in [-0.2, 0) is 23.9 Å². The molecule has 1 N–H and O–H groups in total. The molecule has 0 fully saturated rings. The number of anilines is 1. The third-order valence-corrected chi connectivity index (χ3v) is 3.43. The highest BCUT2D eigenvalue weighted by molar-refractivity contribution is 5.57. The van der Waals surface area contributed by atoms with Gasteiger partial charge in [-0.25, -0.2) is 4.68 Å². The van der Waals surface area contributed by atoms with Gasteiger partial charge in [-0.2, -0.15) is 18.3 Å². The highest BCUT2D eigenvalue weighted by atomic mass is 19.4. The topological polar surface area (TPSA) is 39.1 Å². The van der Waals surface area contributed by atoms with Crippen LogP contribution in [0.25, 0.3) is 5.69 Å². The molecular formula is C14H14F3N3O. The summed E-state index contributed by atoms with van der Waals surface area (Å²) in [6.07, 6.45) is -3.57. The molecule has 0 unspecified atom stereocenters. The Bertz CT molecular complexity index is 664. The standard InChI is InChI=1S/C14H14F3N3O/c1-21-8-12-11-5-6-18-13(11)20(19-12)10-4-2-3-9(7-10)14(15,16)17/h2-4,7,18H,5-6,8H2,1H3. The van der Waals surface area contributed by atoms with Crippen LogP contribution in [0.2, 0.25) is 0 Å². The van der Waals surface area contributed by atoms with Gasteiger partial charge in [-0.05, 0) is 24.6 Å². The molecule has 0 bridgehead atoms. The molecule has 1 aromatic heterocycles. The van der Waals surface area contributed by atoms with E-state index in [1.165, 1.54) is 10.7 Å². The Labute approximate surface area is 119 Å². The van der Waals surface area contributed by atoms with E-state index < -0.39 is 11.7 Å². The number of methoxy groups -OCH3 is 1. The van der Waals surface area contributed by atoms with Crippen molar-refractivity contribution in [3.63, 3.8) is 0 Å². The summed E-state index contributed by atoms with van der Waals surface area (Å²) in [5, 5.41) is 7.54. The molecule has 0 radical (unpaired) electrons. The zero-order valence-corrected chi connectivity index (χ0v) is 11.4. The zero-order chi connectivity index (χ0) is 15.0. The van der Waals surface area contributed by atoms with Crippen molar-refractivity contribution in [1.82, 2.24) is 9.78 Å². The molecule has 4 nitrogen and oxygen atoms in total. The number of hydrogen-bond acceptors (Lipinski definition) is 3. The molecule has 2 aromatic rings. The molecule has 7 heteroatoms. The van der Waals surface area contributed by atoms with Crippen molar-refractivity contribution in [1.29, 1.82) is 0 Å². The number of nitrogens with zero attached hydrogens (tertiary/aromatic N) is 2. The minimum absolute atomic E-state index is 0.343. The lowest BCUT2D eigenvalue weighted by atomic mass is 10.2. The van der Waals surface area contributed by atoms with Gasteiger partial charge in [0.25, 0.3) is 0 Å². The van der Waals surface area contributed by atoms with Crippen LogP contribution in [0.15, 0.2) is 24.3 Å². The third kappa shape index (κ3) is 2.49. The van der Waals surface area contributed by atoms with Crippen LogP contribution in [0.1, 0.15) is 16.8 Å². The maximum Gasteiger partial charge on any atom is 0.416 e. The van der Waals surface area contributed by atoms with Gasteiger partial charge < -0.3 is 10.1 Å². The average molecular weight is 297 g/mol. The van der Waals surface area contributed by atoms with Crippen LogP contribution in [0.5, 0.6) is 0 Å². The summed E-state index contributed by atoms with van der Waals surface area (Å²) in [6, 6.07) is 5.15. The Morgan fingerprint density at radius 3 is 2.90 bits per heavy atom. The zero-order valence-electron chi connectivity index (χ0n) is 11.4. The minimum atomic E-state index is -4.37. The summed E-state index contributed by atoms with van der Waals surface area (Å²) in [5.41, 5.74) is 1.47. The fourth-order valence-electron chi connectivity index (χ4n) is 2.50. The van der Waals surface area contributed by atoms with Gasteiger partial charge in [0.15, 0.2) is 0 Å². The molecule has 112 valence electrons. The Hall–Kier alpha value is -2.02. The lowest BCUT2D eigenvalue weighted by Crippen LogP contribution is -2.08. The summed E-state index contributed by atoms with van der Waals surface area (Å²) >= 11 is 0. The van der Waals surface area contributed by atoms with E-state index in [1.807, 2.05) is 0 Å². The Morgan fingerprint density at radius 2 is 2.19 bits per heavy atom. The second-order valence-electron chi connectivity index (χ2n) is 4.84. The number of benzene rings is 1. The van der Waals surface area contributed by atoms with E-state index in [1.54, 1.807) is 13.2 Å². The maximum atomic E-state index is 12.8. The predicted molar refractivity (Wildman–Crippen MR) is 71.5 cm³/mol. The lowest BCUT2D eigenvalue weighted by Gasteiger charge is -2.10. The van der Waals surface area contributed by atoms with E-state index in [0.29, 0.717) is 12.3 Å².